The van der Waals surface area contributed by atoms with Crippen LogP contribution in [-0.2, 0) is 0 Å². The van der Waals surface area contributed by atoms with Crippen molar-refractivity contribution in [2.24, 2.45) is 0 Å². The standard InChI is InChI=1S/C16H10O4/c17-14-11-7-6-10(16(19)20)8-12(11)15(18)13(14)9-4-2-1-3-5-9/h1-8,13H,(H,19,20). The zero-order valence-electron chi connectivity index (χ0n) is 10.4. The summed E-state index contributed by atoms with van der Waals surface area (Å²) in [5.41, 5.74) is 1.15. The summed E-state index contributed by atoms with van der Waals surface area (Å²) < 4.78 is 0. The van der Waals surface area contributed by atoms with Crippen molar-refractivity contribution < 1.29 is 19.5 Å². The number of benzene rings is 2. The van der Waals surface area contributed by atoms with E-state index in [1.807, 2.05) is 6.07 Å². The number of hydrogen-bond donors (Lipinski definition) is 1. The van der Waals surface area contributed by atoms with E-state index in [0.29, 0.717) is 11.1 Å². The van der Waals surface area contributed by atoms with Gasteiger partial charge in [0.05, 0.1) is 5.56 Å². The van der Waals surface area contributed by atoms with E-state index in [4.69, 9.17) is 5.11 Å². The Morgan fingerprint density at radius 1 is 0.900 bits per heavy atom. The SMILES string of the molecule is O=C(O)c1ccc2c(c1)C(=O)C(c1ccccc1)C2=O. The van der Waals surface area contributed by atoms with Crippen molar-refractivity contribution in [3.8, 4) is 0 Å². The van der Waals surface area contributed by atoms with Gasteiger partial charge in [-0.15, -0.1) is 0 Å². The minimum absolute atomic E-state index is 0.0126. The highest BCUT2D eigenvalue weighted by molar-refractivity contribution is 6.30. The highest BCUT2D eigenvalue weighted by atomic mass is 16.4. The highest BCUT2D eigenvalue weighted by Gasteiger charge is 2.39. The van der Waals surface area contributed by atoms with E-state index in [1.54, 1.807) is 24.3 Å². The summed E-state index contributed by atoms with van der Waals surface area (Å²) in [6.07, 6.45) is 0. The molecule has 0 aromatic heterocycles. The summed E-state index contributed by atoms with van der Waals surface area (Å²) >= 11 is 0. The van der Waals surface area contributed by atoms with Gasteiger partial charge in [0.25, 0.3) is 0 Å². The number of carboxylic acids is 1. The maximum atomic E-state index is 12.4. The second-order valence-corrected chi connectivity index (χ2v) is 4.64. The average Bonchev–Trinajstić information content (AvgIpc) is 2.71. The lowest BCUT2D eigenvalue weighted by Gasteiger charge is -2.06. The monoisotopic (exact) mass is 266 g/mol. The van der Waals surface area contributed by atoms with Gasteiger partial charge in [-0.2, -0.15) is 0 Å². The van der Waals surface area contributed by atoms with E-state index in [0.717, 1.165) is 0 Å². The summed E-state index contributed by atoms with van der Waals surface area (Å²) in [5.74, 6) is -2.57. The van der Waals surface area contributed by atoms with Gasteiger partial charge in [0.2, 0.25) is 0 Å². The first-order chi connectivity index (χ1) is 9.59. The molecule has 3 rings (SSSR count). The van der Waals surface area contributed by atoms with Crippen LogP contribution >= 0.6 is 0 Å². The van der Waals surface area contributed by atoms with Crippen molar-refractivity contribution in [2.45, 2.75) is 5.92 Å². The molecule has 0 saturated heterocycles. The summed E-state index contributed by atoms with van der Waals surface area (Å²) in [4.78, 5) is 35.6. The Morgan fingerprint density at radius 3 is 2.20 bits per heavy atom. The molecular formula is C16H10O4. The second kappa shape index (κ2) is 4.42. The molecule has 1 unspecified atom stereocenters. The van der Waals surface area contributed by atoms with Crippen LogP contribution in [0.4, 0.5) is 0 Å². The number of aromatic carboxylic acids is 1. The highest BCUT2D eigenvalue weighted by Crippen LogP contribution is 2.34. The molecule has 2 aromatic carbocycles. The molecule has 0 amide bonds. The molecule has 0 fully saturated rings. The van der Waals surface area contributed by atoms with Crippen molar-refractivity contribution in [3.63, 3.8) is 0 Å². The molecule has 20 heavy (non-hydrogen) atoms. The molecule has 0 bridgehead atoms. The van der Waals surface area contributed by atoms with Crippen molar-refractivity contribution in [1.29, 1.82) is 0 Å². The van der Waals surface area contributed by atoms with Gasteiger partial charge in [-0.05, 0) is 23.8 Å². The Kier molecular flexibility index (Phi) is 2.71. The fraction of sp³-hybridized carbons (Fsp3) is 0.0625. The minimum Gasteiger partial charge on any atom is -0.478 e. The van der Waals surface area contributed by atoms with E-state index in [9.17, 15) is 14.4 Å². The summed E-state index contributed by atoms with van der Waals surface area (Å²) in [6.45, 7) is 0. The van der Waals surface area contributed by atoms with Crippen LogP contribution in [0.5, 0.6) is 0 Å². The van der Waals surface area contributed by atoms with E-state index in [1.165, 1.54) is 18.2 Å². The van der Waals surface area contributed by atoms with Gasteiger partial charge in [-0.1, -0.05) is 30.3 Å². The van der Waals surface area contributed by atoms with Gasteiger partial charge in [0.15, 0.2) is 11.6 Å². The molecule has 2 aromatic rings. The molecule has 4 nitrogen and oxygen atoms in total. The van der Waals surface area contributed by atoms with Crippen LogP contribution in [0.2, 0.25) is 0 Å². The number of carbonyl (C=O) groups is 3. The molecule has 0 heterocycles. The van der Waals surface area contributed by atoms with Crippen molar-refractivity contribution >= 4 is 17.5 Å². The molecule has 98 valence electrons. The molecule has 1 atom stereocenters. The van der Waals surface area contributed by atoms with Gasteiger partial charge in [-0.25, -0.2) is 4.79 Å². The van der Waals surface area contributed by atoms with Crippen LogP contribution in [0, 0.1) is 0 Å². The first kappa shape index (κ1) is 12.3. The normalized spacial score (nSPS) is 17.1. The third-order valence-corrected chi connectivity index (χ3v) is 3.45. The van der Waals surface area contributed by atoms with Crippen LogP contribution in [-0.4, -0.2) is 22.6 Å². The summed E-state index contributed by atoms with van der Waals surface area (Å²) in [7, 11) is 0. The zero-order valence-corrected chi connectivity index (χ0v) is 10.4. The molecule has 1 aliphatic carbocycles. The summed E-state index contributed by atoms with van der Waals surface area (Å²) in [6, 6.07) is 12.8. The maximum Gasteiger partial charge on any atom is 0.335 e. The molecule has 0 radical (unpaired) electrons. The van der Waals surface area contributed by atoms with E-state index in [-0.39, 0.29) is 22.7 Å². The van der Waals surface area contributed by atoms with Crippen molar-refractivity contribution in [3.05, 3.63) is 70.8 Å². The van der Waals surface area contributed by atoms with Crippen molar-refractivity contribution in [2.75, 3.05) is 0 Å². The fourth-order valence-electron chi connectivity index (χ4n) is 2.47. The van der Waals surface area contributed by atoms with Crippen LogP contribution in [0.15, 0.2) is 48.5 Å². The van der Waals surface area contributed by atoms with Gasteiger partial charge in [0, 0.05) is 11.1 Å². The van der Waals surface area contributed by atoms with Crippen LogP contribution in [0.1, 0.15) is 42.6 Å². The molecule has 0 saturated carbocycles. The van der Waals surface area contributed by atoms with Crippen LogP contribution < -0.4 is 0 Å². The number of hydrogen-bond acceptors (Lipinski definition) is 3. The first-order valence-corrected chi connectivity index (χ1v) is 6.10. The molecule has 4 heteroatoms. The van der Waals surface area contributed by atoms with E-state index >= 15 is 0 Å². The van der Waals surface area contributed by atoms with Crippen LogP contribution in [0.3, 0.4) is 0 Å². The smallest absolute Gasteiger partial charge is 0.335 e. The van der Waals surface area contributed by atoms with Crippen molar-refractivity contribution in [1.82, 2.24) is 0 Å². The van der Waals surface area contributed by atoms with E-state index in [2.05, 4.69) is 0 Å². The Morgan fingerprint density at radius 2 is 1.55 bits per heavy atom. The quantitative estimate of drug-likeness (QED) is 0.848. The van der Waals surface area contributed by atoms with Gasteiger partial charge < -0.3 is 5.11 Å². The fourth-order valence-corrected chi connectivity index (χ4v) is 2.47. The van der Waals surface area contributed by atoms with Gasteiger partial charge >= 0.3 is 5.97 Å². The predicted octanol–water partition coefficient (Wildman–Crippen LogP) is 2.55. The summed E-state index contributed by atoms with van der Waals surface area (Å²) in [5, 5.41) is 8.95. The lowest BCUT2D eigenvalue weighted by Crippen LogP contribution is -2.12. The first-order valence-electron chi connectivity index (χ1n) is 6.10. The topological polar surface area (TPSA) is 71.4 Å². The zero-order chi connectivity index (χ0) is 14.3. The number of Topliss-reactive ketones (excluding diaryl/α,β-unsaturated/α-hetero) is 2. The predicted molar refractivity (Wildman–Crippen MR) is 71.2 cm³/mol. The third kappa shape index (κ3) is 1.73. The number of carboxylic acid groups (broad SMARTS) is 1. The molecule has 0 aliphatic heterocycles. The average molecular weight is 266 g/mol. The Hall–Kier alpha value is -2.75. The molecule has 1 aliphatic rings. The molecule has 0 spiro atoms. The second-order valence-electron chi connectivity index (χ2n) is 4.64. The Labute approximate surface area is 114 Å². The maximum absolute atomic E-state index is 12.4. The minimum atomic E-state index is -1.11. The third-order valence-electron chi connectivity index (χ3n) is 3.45. The molecular weight excluding hydrogens is 256 g/mol. The van der Waals surface area contributed by atoms with Gasteiger partial charge in [-0.3, -0.25) is 9.59 Å². The van der Waals surface area contributed by atoms with E-state index < -0.39 is 11.9 Å². The number of fused-ring (bicyclic) bond motifs is 1. The number of carbonyl (C=O) groups excluding carboxylic acids is 2. The lowest BCUT2D eigenvalue weighted by molar-refractivity contribution is 0.0696. The van der Waals surface area contributed by atoms with Gasteiger partial charge in [0.1, 0.15) is 5.92 Å². The number of ketones is 2. The lowest BCUT2D eigenvalue weighted by atomic mass is 9.94. The Bertz CT molecular complexity index is 731. The number of rotatable bonds is 2. The van der Waals surface area contributed by atoms with Crippen LogP contribution in [0.25, 0.3) is 0 Å². The largest absolute Gasteiger partial charge is 0.478 e. The molecule has 1 N–H and O–H groups in total. The Balaban J connectivity index is 2.11.